The van der Waals surface area contributed by atoms with Gasteiger partial charge in [0.15, 0.2) is 0 Å². The van der Waals surface area contributed by atoms with Gasteiger partial charge in [-0.25, -0.2) is 0 Å². The van der Waals surface area contributed by atoms with E-state index in [-0.39, 0.29) is 0 Å². The van der Waals surface area contributed by atoms with Gasteiger partial charge in [-0.3, -0.25) is 4.98 Å². The number of hydrogen-bond donors (Lipinski definition) is 0. The lowest BCUT2D eigenvalue weighted by Gasteiger charge is -2.19. The van der Waals surface area contributed by atoms with Gasteiger partial charge in [0, 0.05) is 17.1 Å². The van der Waals surface area contributed by atoms with Crippen molar-refractivity contribution < 1.29 is 0 Å². The molecule has 0 aliphatic heterocycles. The van der Waals surface area contributed by atoms with Crippen LogP contribution in [-0.2, 0) is 12.8 Å². The summed E-state index contributed by atoms with van der Waals surface area (Å²) in [4.78, 5) is 5.05. The number of hydrogen-bond acceptors (Lipinski definition) is 1. The second-order valence-corrected chi connectivity index (χ2v) is 10.7. The van der Waals surface area contributed by atoms with Crippen LogP contribution in [0.25, 0.3) is 33.2 Å². The SMILES string of the molecule is Cc1cc2c(c(-c3nccc4c(CC(C)C)cc(C5CCCC5)cc34)c1)Cc1ccccc1-2. The largest absolute Gasteiger partial charge is 0.256 e. The fourth-order valence-electron chi connectivity index (χ4n) is 6.29. The summed E-state index contributed by atoms with van der Waals surface area (Å²) in [6, 6.07) is 20.9. The van der Waals surface area contributed by atoms with Gasteiger partial charge in [-0.1, -0.05) is 63.1 Å². The predicted molar refractivity (Wildman–Crippen MR) is 140 cm³/mol. The van der Waals surface area contributed by atoms with Gasteiger partial charge in [-0.2, -0.15) is 0 Å². The van der Waals surface area contributed by atoms with Crippen LogP contribution in [0, 0.1) is 12.8 Å². The molecule has 0 unspecified atom stereocenters. The Balaban J connectivity index is 1.60. The fraction of sp³-hybridized carbons (Fsp3) is 0.344. The average molecular weight is 432 g/mol. The Hall–Kier alpha value is -2.93. The van der Waals surface area contributed by atoms with Crippen LogP contribution in [0.5, 0.6) is 0 Å². The molecule has 0 atom stereocenters. The van der Waals surface area contributed by atoms with Crippen LogP contribution in [0.1, 0.15) is 73.3 Å². The maximum Gasteiger partial charge on any atom is 0.0783 e. The minimum absolute atomic E-state index is 0.640. The third kappa shape index (κ3) is 3.59. The molecule has 1 nitrogen and oxygen atoms in total. The number of benzene rings is 3. The number of fused-ring (bicyclic) bond motifs is 4. The zero-order chi connectivity index (χ0) is 22.5. The number of rotatable bonds is 4. The van der Waals surface area contributed by atoms with E-state index < -0.39 is 0 Å². The molecule has 6 rings (SSSR count). The third-order valence-corrected chi connectivity index (χ3v) is 7.77. The summed E-state index contributed by atoms with van der Waals surface area (Å²) >= 11 is 0. The van der Waals surface area contributed by atoms with Crippen molar-refractivity contribution in [3.63, 3.8) is 0 Å². The molecular formula is C32H33N. The van der Waals surface area contributed by atoms with E-state index in [0.717, 1.165) is 12.8 Å². The van der Waals surface area contributed by atoms with Gasteiger partial charge >= 0.3 is 0 Å². The molecule has 2 aliphatic rings. The summed E-state index contributed by atoms with van der Waals surface area (Å²) in [5.41, 5.74) is 12.5. The first-order valence-electron chi connectivity index (χ1n) is 12.7. The van der Waals surface area contributed by atoms with Gasteiger partial charge in [0.25, 0.3) is 0 Å². The van der Waals surface area contributed by atoms with Crippen LogP contribution in [0.15, 0.2) is 60.8 Å². The number of pyridine rings is 1. The number of aromatic nitrogens is 1. The topological polar surface area (TPSA) is 12.9 Å². The highest BCUT2D eigenvalue weighted by molar-refractivity contribution is 5.99. The monoisotopic (exact) mass is 431 g/mol. The van der Waals surface area contributed by atoms with Crippen molar-refractivity contribution in [3.8, 4) is 22.4 Å². The van der Waals surface area contributed by atoms with Crippen LogP contribution < -0.4 is 0 Å². The first-order chi connectivity index (χ1) is 16.1. The van der Waals surface area contributed by atoms with Crippen LogP contribution >= 0.6 is 0 Å². The minimum Gasteiger partial charge on any atom is -0.256 e. The molecule has 1 aromatic heterocycles. The Labute approximate surface area is 197 Å². The summed E-state index contributed by atoms with van der Waals surface area (Å²) in [6.45, 7) is 6.89. The van der Waals surface area contributed by atoms with Gasteiger partial charge in [-0.15, -0.1) is 0 Å². The van der Waals surface area contributed by atoms with Crippen molar-refractivity contribution in [2.24, 2.45) is 5.92 Å². The Morgan fingerprint density at radius 3 is 2.48 bits per heavy atom. The van der Waals surface area contributed by atoms with Gasteiger partial charge in [0.2, 0.25) is 0 Å². The lowest BCUT2D eigenvalue weighted by atomic mass is 9.87. The molecule has 0 spiro atoms. The molecule has 3 aromatic carbocycles. The van der Waals surface area contributed by atoms with Gasteiger partial charge in [-0.05, 0) is 107 Å². The molecule has 166 valence electrons. The quantitative estimate of drug-likeness (QED) is 0.277. The average Bonchev–Trinajstić information content (AvgIpc) is 3.46. The summed E-state index contributed by atoms with van der Waals surface area (Å²) in [5, 5.41) is 2.74. The predicted octanol–water partition coefficient (Wildman–Crippen LogP) is 8.64. The van der Waals surface area contributed by atoms with Crippen molar-refractivity contribution >= 4 is 10.8 Å². The molecule has 33 heavy (non-hydrogen) atoms. The fourth-order valence-corrected chi connectivity index (χ4v) is 6.29. The summed E-state index contributed by atoms with van der Waals surface area (Å²) in [7, 11) is 0. The van der Waals surface area contributed by atoms with E-state index in [1.54, 1.807) is 0 Å². The van der Waals surface area contributed by atoms with Gasteiger partial charge in [0.1, 0.15) is 0 Å². The molecule has 2 aliphatic carbocycles. The maximum absolute atomic E-state index is 5.05. The van der Waals surface area contributed by atoms with Crippen molar-refractivity contribution in [2.75, 3.05) is 0 Å². The Kier molecular flexibility index (Phi) is 5.09. The molecule has 1 heteroatoms. The molecule has 0 amide bonds. The summed E-state index contributed by atoms with van der Waals surface area (Å²) in [6.07, 6.45) is 9.55. The highest BCUT2D eigenvalue weighted by atomic mass is 14.7. The highest BCUT2D eigenvalue weighted by Gasteiger charge is 2.25. The molecule has 0 N–H and O–H groups in total. The van der Waals surface area contributed by atoms with Crippen molar-refractivity contribution in [2.45, 2.75) is 65.2 Å². The molecule has 4 aromatic rings. The lowest BCUT2D eigenvalue weighted by Crippen LogP contribution is -2.01. The second kappa shape index (κ2) is 8.13. The Morgan fingerprint density at radius 2 is 1.67 bits per heavy atom. The number of aryl methyl sites for hydroxylation is 1. The first-order valence-corrected chi connectivity index (χ1v) is 12.7. The molecule has 1 saturated carbocycles. The van der Waals surface area contributed by atoms with Gasteiger partial charge in [0.05, 0.1) is 5.69 Å². The zero-order valence-electron chi connectivity index (χ0n) is 20.1. The van der Waals surface area contributed by atoms with E-state index in [1.165, 1.54) is 86.7 Å². The van der Waals surface area contributed by atoms with Crippen LogP contribution in [0.2, 0.25) is 0 Å². The van der Waals surface area contributed by atoms with E-state index >= 15 is 0 Å². The zero-order valence-corrected chi connectivity index (χ0v) is 20.1. The Morgan fingerprint density at radius 1 is 0.879 bits per heavy atom. The molecule has 0 saturated heterocycles. The number of nitrogens with zero attached hydrogens (tertiary/aromatic N) is 1. The second-order valence-electron chi connectivity index (χ2n) is 10.7. The van der Waals surface area contributed by atoms with Crippen LogP contribution in [0.4, 0.5) is 0 Å². The maximum atomic E-state index is 5.05. The van der Waals surface area contributed by atoms with E-state index in [1.807, 2.05) is 6.20 Å². The normalized spacial score (nSPS) is 15.4. The first kappa shape index (κ1) is 20.7. The molecular weight excluding hydrogens is 398 g/mol. The third-order valence-electron chi connectivity index (χ3n) is 7.77. The van der Waals surface area contributed by atoms with Crippen molar-refractivity contribution in [1.82, 2.24) is 4.98 Å². The minimum atomic E-state index is 0.640. The molecule has 1 heterocycles. The summed E-state index contributed by atoms with van der Waals surface area (Å²) in [5.74, 6) is 1.35. The smallest absolute Gasteiger partial charge is 0.0783 e. The van der Waals surface area contributed by atoms with Crippen molar-refractivity contribution in [1.29, 1.82) is 0 Å². The Bertz CT molecular complexity index is 1350. The highest BCUT2D eigenvalue weighted by Crippen LogP contribution is 2.44. The van der Waals surface area contributed by atoms with Crippen molar-refractivity contribution in [3.05, 3.63) is 88.6 Å². The molecule has 1 fully saturated rings. The van der Waals surface area contributed by atoms with E-state index in [9.17, 15) is 0 Å². The summed E-state index contributed by atoms with van der Waals surface area (Å²) < 4.78 is 0. The van der Waals surface area contributed by atoms with Crippen LogP contribution in [-0.4, -0.2) is 4.98 Å². The van der Waals surface area contributed by atoms with Gasteiger partial charge < -0.3 is 0 Å². The standard InChI is InChI=1S/C32H33N/c1-20(2)14-25-17-24(22-8-4-5-9-22)19-31-27(25)12-13-33-32(31)30-16-21(3)15-28-26-11-7-6-10-23(26)18-29(28)30/h6-7,10-13,15-17,19-20,22H,4-5,8-9,14,18H2,1-3H3. The van der Waals surface area contributed by atoms with Crippen LogP contribution in [0.3, 0.4) is 0 Å². The van der Waals surface area contributed by atoms with E-state index in [0.29, 0.717) is 11.8 Å². The lowest BCUT2D eigenvalue weighted by molar-refractivity contribution is 0.647. The molecule has 0 bridgehead atoms. The van der Waals surface area contributed by atoms with E-state index in [4.69, 9.17) is 4.98 Å². The van der Waals surface area contributed by atoms with E-state index in [2.05, 4.69) is 75.4 Å². The molecule has 0 radical (unpaired) electrons.